The van der Waals surface area contributed by atoms with Gasteiger partial charge < -0.3 is 14.8 Å². The Kier molecular flexibility index (Phi) is 6.41. The molecule has 1 aliphatic heterocycles. The van der Waals surface area contributed by atoms with Gasteiger partial charge in [-0.1, -0.05) is 30.3 Å². The Bertz CT molecular complexity index is 733. The van der Waals surface area contributed by atoms with E-state index in [9.17, 15) is 4.79 Å². The van der Waals surface area contributed by atoms with Crippen molar-refractivity contribution in [3.05, 3.63) is 54.1 Å². The highest BCUT2D eigenvalue weighted by atomic mass is 32.2. The molecule has 1 atom stereocenters. The Labute approximate surface area is 158 Å². The number of hydrogen-bond acceptors (Lipinski definition) is 5. The van der Waals surface area contributed by atoms with Gasteiger partial charge in [0.1, 0.15) is 6.04 Å². The van der Waals surface area contributed by atoms with Gasteiger partial charge in [0.2, 0.25) is 5.91 Å². The zero-order chi connectivity index (χ0) is 18.4. The minimum Gasteiger partial charge on any atom is -0.493 e. The number of carbonyl (C=O) groups excluding carboxylic acids is 1. The Balaban J connectivity index is 1.83. The van der Waals surface area contributed by atoms with E-state index in [1.807, 2.05) is 48.2 Å². The number of benzene rings is 2. The Morgan fingerprint density at radius 2 is 1.73 bits per heavy atom. The average Bonchev–Trinajstić information content (AvgIpc) is 2.69. The Hall–Kier alpha value is -2.18. The van der Waals surface area contributed by atoms with Gasteiger partial charge in [0.15, 0.2) is 11.5 Å². The van der Waals surface area contributed by atoms with Crippen molar-refractivity contribution in [1.29, 1.82) is 0 Å². The Morgan fingerprint density at radius 1 is 1.04 bits per heavy atom. The molecule has 26 heavy (non-hydrogen) atoms. The van der Waals surface area contributed by atoms with Crippen molar-refractivity contribution in [1.82, 2.24) is 4.90 Å². The van der Waals surface area contributed by atoms with Crippen LogP contribution in [-0.2, 0) is 4.79 Å². The molecule has 0 aromatic heterocycles. The first-order valence-electron chi connectivity index (χ1n) is 8.62. The van der Waals surface area contributed by atoms with Crippen LogP contribution in [0.2, 0.25) is 0 Å². The molecule has 1 N–H and O–H groups in total. The number of ether oxygens (including phenoxy) is 2. The van der Waals surface area contributed by atoms with E-state index in [2.05, 4.69) is 10.2 Å². The van der Waals surface area contributed by atoms with Gasteiger partial charge in [-0.3, -0.25) is 9.69 Å². The summed E-state index contributed by atoms with van der Waals surface area (Å²) in [5, 5.41) is 3.04. The lowest BCUT2D eigenvalue weighted by atomic mass is 10.0. The van der Waals surface area contributed by atoms with Crippen LogP contribution in [0, 0.1) is 0 Å². The molecule has 0 spiro atoms. The molecule has 0 radical (unpaired) electrons. The lowest BCUT2D eigenvalue weighted by Gasteiger charge is -2.33. The molecule has 1 aliphatic rings. The molecule has 3 rings (SSSR count). The summed E-state index contributed by atoms with van der Waals surface area (Å²) >= 11 is 1.93. The van der Waals surface area contributed by atoms with Crippen molar-refractivity contribution in [3.63, 3.8) is 0 Å². The Morgan fingerprint density at radius 3 is 2.38 bits per heavy atom. The largest absolute Gasteiger partial charge is 0.493 e. The third-order valence-corrected chi connectivity index (χ3v) is 5.37. The predicted molar refractivity (Wildman–Crippen MR) is 106 cm³/mol. The summed E-state index contributed by atoms with van der Waals surface area (Å²) in [4.78, 5) is 15.4. The van der Waals surface area contributed by atoms with Crippen molar-refractivity contribution in [2.45, 2.75) is 6.04 Å². The van der Waals surface area contributed by atoms with Gasteiger partial charge in [-0.25, -0.2) is 0 Å². The molecule has 0 aliphatic carbocycles. The number of anilines is 1. The van der Waals surface area contributed by atoms with Crippen LogP contribution in [0.4, 0.5) is 5.69 Å². The van der Waals surface area contributed by atoms with E-state index in [4.69, 9.17) is 9.47 Å². The molecular formula is C20H24N2O3S. The second-order valence-corrected chi connectivity index (χ2v) is 7.25. The lowest BCUT2D eigenvalue weighted by molar-refractivity contribution is -0.121. The van der Waals surface area contributed by atoms with Gasteiger partial charge in [0.25, 0.3) is 0 Å². The number of thioether (sulfide) groups is 1. The smallest absolute Gasteiger partial charge is 0.246 e. The number of nitrogens with zero attached hydrogens (tertiary/aromatic N) is 1. The molecule has 1 heterocycles. The minimum atomic E-state index is -0.301. The number of amides is 1. The standard InChI is InChI=1S/C20H24N2O3S/c1-24-17-9-8-16(14-18(17)25-2)21-20(23)19(15-6-4-3-5-7-15)22-10-12-26-13-11-22/h3-9,14,19H,10-13H2,1-2H3,(H,21,23)/t19-/m1/s1. The van der Waals surface area contributed by atoms with Crippen LogP contribution in [0.15, 0.2) is 48.5 Å². The molecule has 0 unspecified atom stereocenters. The fourth-order valence-electron chi connectivity index (χ4n) is 3.12. The van der Waals surface area contributed by atoms with Crippen molar-refractivity contribution in [2.75, 3.05) is 44.1 Å². The highest BCUT2D eigenvalue weighted by Gasteiger charge is 2.29. The van der Waals surface area contributed by atoms with Gasteiger partial charge in [-0.05, 0) is 17.7 Å². The van der Waals surface area contributed by atoms with E-state index < -0.39 is 0 Å². The van der Waals surface area contributed by atoms with Crippen LogP contribution in [0.5, 0.6) is 11.5 Å². The van der Waals surface area contributed by atoms with Gasteiger partial charge in [0, 0.05) is 36.3 Å². The van der Waals surface area contributed by atoms with E-state index in [0.29, 0.717) is 17.2 Å². The molecule has 1 saturated heterocycles. The third-order valence-electron chi connectivity index (χ3n) is 4.43. The minimum absolute atomic E-state index is 0.0321. The quantitative estimate of drug-likeness (QED) is 0.842. The van der Waals surface area contributed by atoms with Crippen molar-refractivity contribution in [3.8, 4) is 11.5 Å². The molecule has 6 heteroatoms. The SMILES string of the molecule is COc1ccc(NC(=O)[C@@H](c2ccccc2)N2CCSCC2)cc1OC. The molecule has 1 fully saturated rings. The molecule has 5 nitrogen and oxygen atoms in total. The second-order valence-electron chi connectivity index (χ2n) is 6.02. The van der Waals surface area contributed by atoms with Gasteiger partial charge in [-0.15, -0.1) is 0 Å². The zero-order valence-corrected chi connectivity index (χ0v) is 15.9. The summed E-state index contributed by atoms with van der Waals surface area (Å²) in [5.74, 6) is 3.30. The summed E-state index contributed by atoms with van der Waals surface area (Å²) in [6, 6.07) is 15.1. The van der Waals surface area contributed by atoms with Gasteiger partial charge >= 0.3 is 0 Å². The second kappa shape index (κ2) is 8.96. The number of nitrogens with one attached hydrogen (secondary N) is 1. The topological polar surface area (TPSA) is 50.8 Å². The van der Waals surface area contributed by atoms with Crippen molar-refractivity contribution >= 4 is 23.4 Å². The number of hydrogen-bond donors (Lipinski definition) is 1. The van der Waals surface area contributed by atoms with E-state index in [1.54, 1.807) is 26.4 Å². The highest BCUT2D eigenvalue weighted by Crippen LogP contribution is 2.31. The third kappa shape index (κ3) is 4.31. The molecule has 0 saturated carbocycles. The first kappa shape index (κ1) is 18.6. The van der Waals surface area contributed by atoms with E-state index in [-0.39, 0.29) is 11.9 Å². The summed E-state index contributed by atoms with van der Waals surface area (Å²) in [5.41, 5.74) is 1.71. The fourth-order valence-corrected chi connectivity index (χ4v) is 4.05. The van der Waals surface area contributed by atoms with Crippen molar-refractivity contribution < 1.29 is 14.3 Å². The predicted octanol–water partition coefficient (Wildman–Crippen LogP) is 3.43. The van der Waals surface area contributed by atoms with Crippen LogP contribution in [0.25, 0.3) is 0 Å². The summed E-state index contributed by atoms with van der Waals surface area (Å²) in [6.45, 7) is 1.81. The van der Waals surface area contributed by atoms with E-state index >= 15 is 0 Å². The average molecular weight is 372 g/mol. The van der Waals surface area contributed by atoms with Crippen LogP contribution < -0.4 is 14.8 Å². The highest BCUT2D eigenvalue weighted by molar-refractivity contribution is 7.99. The number of carbonyl (C=O) groups is 1. The summed E-state index contributed by atoms with van der Waals surface area (Å²) < 4.78 is 10.6. The van der Waals surface area contributed by atoms with Gasteiger partial charge in [0.05, 0.1) is 14.2 Å². The van der Waals surface area contributed by atoms with E-state index in [0.717, 1.165) is 30.2 Å². The molecule has 2 aromatic carbocycles. The molecule has 0 bridgehead atoms. The normalized spacial score (nSPS) is 15.9. The number of methoxy groups -OCH3 is 2. The van der Waals surface area contributed by atoms with Gasteiger partial charge in [-0.2, -0.15) is 11.8 Å². The monoisotopic (exact) mass is 372 g/mol. The molecule has 2 aromatic rings. The summed E-state index contributed by atoms with van der Waals surface area (Å²) in [7, 11) is 3.18. The maximum Gasteiger partial charge on any atom is 0.246 e. The molecule has 1 amide bonds. The van der Waals surface area contributed by atoms with Crippen LogP contribution in [0.1, 0.15) is 11.6 Å². The van der Waals surface area contributed by atoms with E-state index in [1.165, 1.54) is 0 Å². The van der Waals surface area contributed by atoms with Crippen LogP contribution in [-0.4, -0.2) is 49.6 Å². The maximum atomic E-state index is 13.1. The first-order valence-corrected chi connectivity index (χ1v) is 9.78. The zero-order valence-electron chi connectivity index (χ0n) is 15.1. The fraction of sp³-hybridized carbons (Fsp3) is 0.350. The van der Waals surface area contributed by atoms with Crippen LogP contribution >= 0.6 is 11.8 Å². The number of rotatable bonds is 6. The van der Waals surface area contributed by atoms with Crippen LogP contribution in [0.3, 0.4) is 0 Å². The molecule has 138 valence electrons. The maximum absolute atomic E-state index is 13.1. The summed E-state index contributed by atoms with van der Waals surface area (Å²) in [6.07, 6.45) is 0. The lowest BCUT2D eigenvalue weighted by Crippen LogP contribution is -2.41. The molecular weight excluding hydrogens is 348 g/mol. The first-order chi connectivity index (χ1) is 12.7. The van der Waals surface area contributed by atoms with Crippen molar-refractivity contribution in [2.24, 2.45) is 0 Å².